The molecule has 8 heteroatoms. The van der Waals surface area contributed by atoms with E-state index in [1.54, 1.807) is 6.08 Å². The van der Waals surface area contributed by atoms with Crippen LogP contribution in [0.3, 0.4) is 0 Å². The number of hydrogen-bond donors (Lipinski definition) is 1. The highest BCUT2D eigenvalue weighted by Gasteiger charge is 2.36. The van der Waals surface area contributed by atoms with E-state index < -0.39 is 5.91 Å². The van der Waals surface area contributed by atoms with E-state index in [0.717, 1.165) is 27.8 Å². The van der Waals surface area contributed by atoms with E-state index in [4.69, 9.17) is 10.1 Å². The number of fused-ring (bicyclic) bond motifs is 3. The van der Waals surface area contributed by atoms with Crippen molar-refractivity contribution in [3.63, 3.8) is 0 Å². The van der Waals surface area contributed by atoms with Crippen molar-refractivity contribution in [1.29, 1.82) is 5.41 Å². The number of aryl methyl sites for hydroxylation is 1. The van der Waals surface area contributed by atoms with Gasteiger partial charge < -0.3 is 9.30 Å². The molecule has 200 valence electrons. The van der Waals surface area contributed by atoms with E-state index in [9.17, 15) is 4.79 Å². The zero-order valence-corrected chi connectivity index (χ0v) is 23.1. The van der Waals surface area contributed by atoms with Crippen molar-refractivity contribution in [3.05, 3.63) is 119 Å². The highest BCUT2D eigenvalue weighted by Crippen LogP contribution is 2.31. The standard InChI is InChI=1S/C33H25N5O2S/c1-21-9-2-7-16-29(21)40-20-30-36-38-31(34)27(32(39)35-33(38)41-30)17-24-19-37(28-15-6-5-14-26(24)28)18-23-12-8-11-22-10-3-4-13-25(22)23/h2-17,19,34H,18,20H2,1H3. The molecule has 2 aliphatic rings. The molecule has 0 spiro atoms. The van der Waals surface area contributed by atoms with Gasteiger partial charge in [-0.15, -0.1) is 0 Å². The van der Waals surface area contributed by atoms with Gasteiger partial charge in [0.1, 0.15) is 17.4 Å². The molecule has 0 saturated heterocycles. The molecule has 41 heavy (non-hydrogen) atoms. The van der Waals surface area contributed by atoms with Gasteiger partial charge in [-0.1, -0.05) is 78.9 Å². The van der Waals surface area contributed by atoms with Gasteiger partial charge in [0, 0.05) is 29.2 Å². The Morgan fingerprint density at radius 1 is 0.927 bits per heavy atom. The lowest BCUT2D eigenvalue weighted by molar-refractivity contribution is -0.114. The summed E-state index contributed by atoms with van der Waals surface area (Å²) >= 11 is 1.25. The Kier molecular flexibility index (Phi) is 6.24. The maximum atomic E-state index is 13.1. The SMILES string of the molecule is Cc1ccccc1OCC1=NN2C(=N)C(=Cc3cn(Cc4cccc5ccccc45)c4ccccc34)C(=O)N=C2S1. The second-order valence-electron chi connectivity index (χ2n) is 9.94. The number of para-hydroxylation sites is 2. The van der Waals surface area contributed by atoms with Crippen LogP contribution in [0.5, 0.6) is 5.75 Å². The fourth-order valence-corrected chi connectivity index (χ4v) is 6.04. The quantitative estimate of drug-likeness (QED) is 0.232. The molecule has 0 aliphatic carbocycles. The van der Waals surface area contributed by atoms with Gasteiger partial charge in [0.15, 0.2) is 5.84 Å². The summed E-state index contributed by atoms with van der Waals surface area (Å²) in [5.41, 5.74) is 4.34. The minimum Gasteiger partial charge on any atom is -0.486 e. The summed E-state index contributed by atoms with van der Waals surface area (Å²) in [5.74, 6) is 0.328. The van der Waals surface area contributed by atoms with Crippen LogP contribution in [-0.4, -0.2) is 38.1 Å². The van der Waals surface area contributed by atoms with Crippen molar-refractivity contribution in [2.75, 3.05) is 6.61 Å². The first-order valence-electron chi connectivity index (χ1n) is 13.3. The Morgan fingerprint density at radius 3 is 2.56 bits per heavy atom. The Bertz CT molecular complexity index is 1960. The number of aromatic nitrogens is 1. The number of aliphatic imine (C=N–C) groups is 1. The normalized spacial score (nSPS) is 15.9. The molecule has 1 aromatic heterocycles. The predicted molar refractivity (Wildman–Crippen MR) is 167 cm³/mol. The molecule has 1 amide bonds. The molecule has 5 aromatic rings. The van der Waals surface area contributed by atoms with Gasteiger partial charge >= 0.3 is 0 Å². The van der Waals surface area contributed by atoms with Crippen LogP contribution in [0.2, 0.25) is 0 Å². The third kappa shape index (κ3) is 4.62. The van der Waals surface area contributed by atoms with Gasteiger partial charge in [-0.2, -0.15) is 15.1 Å². The molecular formula is C33H25N5O2S. The van der Waals surface area contributed by atoms with Gasteiger partial charge in [-0.25, -0.2) is 0 Å². The van der Waals surface area contributed by atoms with Crippen LogP contribution in [0.1, 0.15) is 16.7 Å². The monoisotopic (exact) mass is 555 g/mol. The average molecular weight is 556 g/mol. The number of nitrogens with one attached hydrogen (secondary N) is 1. The number of carbonyl (C=O) groups excluding carboxylic acids is 1. The molecule has 2 aliphatic heterocycles. The van der Waals surface area contributed by atoms with Gasteiger partial charge in [0.25, 0.3) is 5.91 Å². The van der Waals surface area contributed by atoms with E-state index >= 15 is 0 Å². The van der Waals surface area contributed by atoms with Crippen LogP contribution in [0, 0.1) is 12.3 Å². The Hall–Kier alpha value is -4.95. The van der Waals surface area contributed by atoms with Crippen molar-refractivity contribution in [2.24, 2.45) is 10.1 Å². The largest absolute Gasteiger partial charge is 0.486 e. The molecule has 7 rings (SSSR count). The lowest BCUT2D eigenvalue weighted by atomic mass is 10.0. The van der Waals surface area contributed by atoms with Crippen LogP contribution in [0.4, 0.5) is 0 Å². The predicted octanol–water partition coefficient (Wildman–Crippen LogP) is 6.85. The summed E-state index contributed by atoms with van der Waals surface area (Å²) in [7, 11) is 0. The molecule has 0 atom stereocenters. The number of hydrazone groups is 1. The molecule has 1 N–H and O–H groups in total. The third-order valence-electron chi connectivity index (χ3n) is 7.28. The van der Waals surface area contributed by atoms with E-state index in [-0.39, 0.29) is 18.0 Å². The third-order valence-corrected chi connectivity index (χ3v) is 8.16. The highest BCUT2D eigenvalue weighted by molar-refractivity contribution is 8.27. The van der Waals surface area contributed by atoms with Crippen molar-refractivity contribution in [2.45, 2.75) is 13.5 Å². The summed E-state index contributed by atoms with van der Waals surface area (Å²) in [6.45, 7) is 2.89. The fraction of sp³-hybridized carbons (Fsp3) is 0.0909. The van der Waals surface area contributed by atoms with Crippen LogP contribution < -0.4 is 4.74 Å². The Labute approximate surface area is 241 Å². The van der Waals surface area contributed by atoms with Gasteiger partial charge in [-0.3, -0.25) is 10.2 Å². The van der Waals surface area contributed by atoms with Gasteiger partial charge in [-0.05, 0) is 58.8 Å². The smallest absolute Gasteiger partial charge is 0.283 e. The summed E-state index contributed by atoms with van der Waals surface area (Å²) in [6, 6.07) is 30.6. The molecule has 0 unspecified atom stereocenters. The number of thioether (sulfide) groups is 1. The first-order chi connectivity index (χ1) is 20.0. The van der Waals surface area contributed by atoms with Crippen LogP contribution >= 0.6 is 11.8 Å². The molecule has 0 saturated carbocycles. The van der Waals surface area contributed by atoms with Crippen molar-refractivity contribution in [1.82, 2.24) is 9.58 Å². The van der Waals surface area contributed by atoms with Gasteiger partial charge in [0.2, 0.25) is 5.17 Å². The van der Waals surface area contributed by atoms with Crippen molar-refractivity contribution < 1.29 is 9.53 Å². The number of benzene rings is 4. The van der Waals surface area contributed by atoms with Crippen LogP contribution in [0.25, 0.3) is 27.8 Å². The molecule has 0 fully saturated rings. The van der Waals surface area contributed by atoms with Crippen molar-refractivity contribution >= 4 is 61.5 Å². The first kappa shape index (κ1) is 25.0. The zero-order chi connectivity index (χ0) is 27.9. The fourth-order valence-electron chi connectivity index (χ4n) is 5.24. The van der Waals surface area contributed by atoms with Crippen molar-refractivity contribution in [3.8, 4) is 5.75 Å². The summed E-state index contributed by atoms with van der Waals surface area (Å²) < 4.78 is 8.13. The van der Waals surface area contributed by atoms with Crippen LogP contribution in [0.15, 0.2) is 113 Å². The number of hydrogen-bond acceptors (Lipinski definition) is 5. The number of amides is 1. The topological polar surface area (TPSA) is 83.0 Å². The number of carbonyl (C=O) groups is 1. The lowest BCUT2D eigenvalue weighted by Crippen LogP contribution is -2.35. The zero-order valence-electron chi connectivity index (χ0n) is 22.2. The lowest BCUT2D eigenvalue weighted by Gasteiger charge is -2.20. The number of nitrogens with zero attached hydrogens (tertiary/aromatic N) is 4. The van der Waals surface area contributed by atoms with Gasteiger partial charge in [0.05, 0.1) is 5.57 Å². The average Bonchev–Trinajstić information content (AvgIpc) is 3.56. The molecule has 7 nitrogen and oxygen atoms in total. The maximum Gasteiger partial charge on any atom is 0.283 e. The second kappa shape index (κ2) is 10.2. The Balaban J connectivity index is 1.19. The molecule has 0 bridgehead atoms. The first-order valence-corrected chi connectivity index (χ1v) is 14.1. The van der Waals surface area contributed by atoms with E-state index in [2.05, 4.69) is 63.2 Å². The second-order valence-corrected chi connectivity index (χ2v) is 11.0. The minimum absolute atomic E-state index is 0.00396. The van der Waals surface area contributed by atoms with E-state index in [1.807, 2.05) is 55.6 Å². The summed E-state index contributed by atoms with van der Waals surface area (Å²) in [6.07, 6.45) is 3.80. The number of amidine groups is 2. The van der Waals surface area contributed by atoms with Crippen LogP contribution in [-0.2, 0) is 11.3 Å². The highest BCUT2D eigenvalue weighted by atomic mass is 32.2. The summed E-state index contributed by atoms with van der Waals surface area (Å²) in [5, 5.41) is 19.2. The molecule has 0 radical (unpaired) electrons. The summed E-state index contributed by atoms with van der Waals surface area (Å²) in [4.78, 5) is 17.4. The molecule has 3 heterocycles. The maximum absolute atomic E-state index is 13.1. The Morgan fingerprint density at radius 2 is 1.68 bits per heavy atom. The molecule has 4 aromatic carbocycles. The molecular weight excluding hydrogens is 530 g/mol. The number of rotatable bonds is 6. The van der Waals surface area contributed by atoms with E-state index in [0.29, 0.717) is 16.8 Å². The van der Waals surface area contributed by atoms with E-state index in [1.165, 1.54) is 33.1 Å². The number of ether oxygens (including phenoxy) is 1. The minimum atomic E-state index is -0.448.